The number of carboxylic acids is 1. The highest BCUT2D eigenvalue weighted by Gasteiger charge is 2.51. The zero-order chi connectivity index (χ0) is 17.4. The third-order valence-corrected chi connectivity index (χ3v) is 4.73. The van der Waals surface area contributed by atoms with Gasteiger partial charge in [-0.25, -0.2) is 9.18 Å². The molecule has 10 heteroatoms. The van der Waals surface area contributed by atoms with Crippen LogP contribution in [-0.2, 0) is 20.4 Å². The Hall–Kier alpha value is -1.97. The Morgan fingerprint density at radius 1 is 1.26 bits per heavy atom. The van der Waals surface area contributed by atoms with Crippen LogP contribution in [0, 0.1) is 5.82 Å². The Morgan fingerprint density at radius 3 is 2.43 bits per heavy atom. The van der Waals surface area contributed by atoms with E-state index in [1.165, 1.54) is 12.1 Å². The van der Waals surface area contributed by atoms with Crippen molar-refractivity contribution in [1.82, 2.24) is 4.90 Å². The Labute approximate surface area is 130 Å². The van der Waals surface area contributed by atoms with Gasteiger partial charge >= 0.3 is 18.1 Å². The van der Waals surface area contributed by atoms with Crippen molar-refractivity contribution in [1.29, 1.82) is 0 Å². The van der Waals surface area contributed by atoms with Gasteiger partial charge in [-0.1, -0.05) is 12.1 Å². The van der Waals surface area contributed by atoms with Crippen molar-refractivity contribution < 1.29 is 36.5 Å². The fraction of sp³-hybridized carbons (Fsp3) is 0.385. The lowest BCUT2D eigenvalue weighted by Crippen LogP contribution is -2.58. The molecule has 1 aliphatic heterocycles. The Morgan fingerprint density at radius 2 is 1.91 bits per heavy atom. The summed E-state index contributed by atoms with van der Waals surface area (Å²) in [6.45, 7) is 0. The number of carbonyl (C=O) groups excluding carboxylic acids is 1. The largest absolute Gasteiger partial charge is 0.480 e. The van der Waals surface area contributed by atoms with Crippen LogP contribution in [0.15, 0.2) is 24.3 Å². The highest BCUT2D eigenvalue weighted by atomic mass is 32.2. The first-order valence-electron chi connectivity index (χ1n) is 6.34. The average Bonchev–Trinajstić information content (AvgIpc) is 2.44. The van der Waals surface area contributed by atoms with Crippen LogP contribution in [0.3, 0.4) is 0 Å². The van der Waals surface area contributed by atoms with E-state index in [9.17, 15) is 31.4 Å². The van der Waals surface area contributed by atoms with Crippen LogP contribution in [0.25, 0.3) is 0 Å². The van der Waals surface area contributed by atoms with Crippen molar-refractivity contribution in [2.24, 2.45) is 0 Å². The van der Waals surface area contributed by atoms with Gasteiger partial charge in [0, 0.05) is 16.6 Å². The lowest BCUT2D eigenvalue weighted by Gasteiger charge is -2.40. The third-order valence-electron chi connectivity index (χ3n) is 3.35. The molecule has 0 radical (unpaired) electrons. The summed E-state index contributed by atoms with van der Waals surface area (Å²) in [5.41, 5.74) is -0.0399. The van der Waals surface area contributed by atoms with Gasteiger partial charge in [0.25, 0.3) is 0 Å². The molecule has 5 nitrogen and oxygen atoms in total. The van der Waals surface area contributed by atoms with Crippen molar-refractivity contribution in [2.75, 3.05) is 11.5 Å². The number of carbonyl (C=O) groups is 2. The van der Waals surface area contributed by atoms with Crippen molar-refractivity contribution in [3.63, 3.8) is 0 Å². The maximum Gasteiger partial charge on any atom is 0.471 e. The van der Waals surface area contributed by atoms with E-state index in [1.54, 1.807) is 0 Å². The summed E-state index contributed by atoms with van der Waals surface area (Å²) in [6, 6.07) is 1.08. The summed E-state index contributed by atoms with van der Waals surface area (Å²) in [5, 5.41) is 9.09. The molecule has 23 heavy (non-hydrogen) atoms. The maximum absolute atomic E-state index is 13.3. The van der Waals surface area contributed by atoms with Gasteiger partial charge in [0.15, 0.2) is 0 Å². The van der Waals surface area contributed by atoms with Crippen LogP contribution in [0.1, 0.15) is 11.6 Å². The fourth-order valence-corrected chi connectivity index (χ4v) is 3.89. The van der Waals surface area contributed by atoms with Gasteiger partial charge in [0.2, 0.25) is 0 Å². The quantitative estimate of drug-likeness (QED) is 0.817. The highest BCUT2D eigenvalue weighted by Crippen LogP contribution is 2.33. The SMILES string of the molecule is O=C(O)C1CS(=O)CC(c2cccc(F)c2)N1C(=O)C(F)(F)F. The molecule has 126 valence electrons. The normalized spacial score (nSPS) is 25.2. The minimum atomic E-state index is -5.29. The van der Waals surface area contributed by atoms with E-state index in [-0.39, 0.29) is 10.5 Å². The van der Waals surface area contributed by atoms with Gasteiger partial charge in [0.05, 0.1) is 11.8 Å². The lowest BCUT2D eigenvalue weighted by molar-refractivity contribution is -0.192. The lowest BCUT2D eigenvalue weighted by atomic mass is 10.0. The molecule has 0 bridgehead atoms. The summed E-state index contributed by atoms with van der Waals surface area (Å²) in [5.74, 6) is -5.81. The van der Waals surface area contributed by atoms with Crippen LogP contribution in [0.5, 0.6) is 0 Å². The molecule has 1 heterocycles. The molecule has 1 saturated heterocycles. The Bertz CT molecular complexity index is 664. The standard InChI is InChI=1S/C13H11F4NO4S/c14-8-3-1-2-7(4-8)9-5-23(22)6-10(11(19)20)18(9)12(21)13(15,16)17/h1-4,9-10H,5-6H2,(H,19,20). The van der Waals surface area contributed by atoms with Gasteiger partial charge in [0.1, 0.15) is 11.9 Å². The molecule has 1 aromatic rings. The minimum absolute atomic E-state index is 0.0399. The molecule has 1 N–H and O–H groups in total. The van der Waals surface area contributed by atoms with Gasteiger partial charge in [-0.05, 0) is 17.7 Å². The van der Waals surface area contributed by atoms with Crippen molar-refractivity contribution in [3.05, 3.63) is 35.6 Å². The molecule has 0 aromatic heterocycles. The van der Waals surface area contributed by atoms with Gasteiger partial charge in [-0.2, -0.15) is 13.2 Å². The predicted octanol–water partition coefficient (Wildman–Crippen LogP) is 1.47. The topological polar surface area (TPSA) is 74.7 Å². The summed E-state index contributed by atoms with van der Waals surface area (Å²) >= 11 is 0. The van der Waals surface area contributed by atoms with E-state index in [0.29, 0.717) is 0 Å². The first-order chi connectivity index (χ1) is 10.6. The summed E-state index contributed by atoms with van der Waals surface area (Å²) in [7, 11) is -1.76. The number of carboxylic acid groups (broad SMARTS) is 1. The number of aliphatic carboxylic acids is 1. The minimum Gasteiger partial charge on any atom is -0.480 e. The molecular formula is C13H11F4NO4S. The van der Waals surface area contributed by atoms with E-state index in [4.69, 9.17) is 5.11 Å². The van der Waals surface area contributed by atoms with Crippen molar-refractivity contribution in [3.8, 4) is 0 Å². The number of benzene rings is 1. The van der Waals surface area contributed by atoms with Crippen LogP contribution < -0.4 is 0 Å². The smallest absolute Gasteiger partial charge is 0.471 e. The molecule has 0 spiro atoms. The van der Waals surface area contributed by atoms with Gasteiger partial charge in [-0.3, -0.25) is 9.00 Å². The van der Waals surface area contributed by atoms with Gasteiger partial charge < -0.3 is 10.0 Å². The van der Waals surface area contributed by atoms with E-state index in [2.05, 4.69) is 0 Å². The zero-order valence-corrected chi connectivity index (χ0v) is 12.2. The maximum atomic E-state index is 13.3. The van der Waals surface area contributed by atoms with Crippen LogP contribution in [0.2, 0.25) is 0 Å². The summed E-state index contributed by atoms with van der Waals surface area (Å²) in [6.07, 6.45) is -5.29. The van der Waals surface area contributed by atoms with Crippen molar-refractivity contribution in [2.45, 2.75) is 18.3 Å². The summed E-state index contributed by atoms with van der Waals surface area (Å²) in [4.78, 5) is 23.0. The van der Waals surface area contributed by atoms with E-state index in [1.807, 2.05) is 0 Å². The first-order valence-corrected chi connectivity index (χ1v) is 7.83. The number of nitrogens with zero attached hydrogens (tertiary/aromatic N) is 1. The molecule has 2 rings (SSSR count). The fourth-order valence-electron chi connectivity index (χ4n) is 2.39. The van der Waals surface area contributed by atoms with E-state index < -0.39 is 58.3 Å². The molecule has 1 fully saturated rings. The molecule has 1 aliphatic rings. The second kappa shape index (κ2) is 6.26. The second-order valence-corrected chi connectivity index (χ2v) is 6.45. The monoisotopic (exact) mass is 353 g/mol. The number of hydrogen-bond acceptors (Lipinski definition) is 3. The molecule has 0 aliphatic carbocycles. The molecule has 3 unspecified atom stereocenters. The number of halogens is 4. The molecular weight excluding hydrogens is 342 g/mol. The van der Waals surface area contributed by atoms with Crippen LogP contribution in [-0.4, -0.2) is 49.8 Å². The first kappa shape index (κ1) is 17.4. The number of amides is 1. The Kier molecular flexibility index (Phi) is 4.73. The molecule has 0 saturated carbocycles. The van der Waals surface area contributed by atoms with Crippen LogP contribution >= 0.6 is 0 Å². The number of hydrogen-bond donors (Lipinski definition) is 1. The number of alkyl halides is 3. The van der Waals surface area contributed by atoms with Gasteiger partial charge in [-0.15, -0.1) is 0 Å². The third kappa shape index (κ3) is 3.69. The Balaban J connectivity index is 2.52. The van der Waals surface area contributed by atoms with Crippen molar-refractivity contribution >= 4 is 22.7 Å². The summed E-state index contributed by atoms with van der Waals surface area (Å²) < 4.78 is 63.5. The van der Waals surface area contributed by atoms with Crippen LogP contribution in [0.4, 0.5) is 17.6 Å². The molecule has 3 atom stereocenters. The molecule has 1 amide bonds. The van der Waals surface area contributed by atoms with E-state index >= 15 is 0 Å². The van der Waals surface area contributed by atoms with E-state index in [0.717, 1.165) is 12.1 Å². The predicted molar refractivity (Wildman–Crippen MR) is 71.3 cm³/mol. The number of rotatable bonds is 2. The average molecular weight is 353 g/mol. The highest BCUT2D eigenvalue weighted by molar-refractivity contribution is 7.85. The zero-order valence-electron chi connectivity index (χ0n) is 11.4. The second-order valence-electron chi connectivity index (χ2n) is 4.91. The molecule has 1 aromatic carbocycles.